The molecule has 0 aromatic heterocycles. The molecule has 1 rings (SSSR count). The predicted octanol–water partition coefficient (Wildman–Crippen LogP) is 2.05. The maximum Gasteiger partial charge on any atom is 0.326 e. The van der Waals surface area contributed by atoms with Crippen molar-refractivity contribution >= 4 is 23.4 Å². The molecule has 0 radical (unpaired) electrons. The van der Waals surface area contributed by atoms with E-state index in [0.29, 0.717) is 11.4 Å². The Morgan fingerprint density at radius 3 is 2.60 bits per heavy atom. The third-order valence-electron chi connectivity index (χ3n) is 1.82. The Kier molecular flexibility index (Phi) is 4.42. The first-order valence-electron chi connectivity index (χ1n) is 4.37. The normalized spacial score (nSPS) is 12.1. The molecule has 0 saturated carbocycles. The van der Waals surface area contributed by atoms with Gasteiger partial charge in [0.25, 0.3) is 0 Å². The number of carboxylic acids is 1. The lowest BCUT2D eigenvalue weighted by Crippen LogP contribution is -2.31. The van der Waals surface area contributed by atoms with Gasteiger partial charge in [0.15, 0.2) is 0 Å². The van der Waals surface area contributed by atoms with Gasteiger partial charge in [-0.2, -0.15) is 11.8 Å². The van der Waals surface area contributed by atoms with Crippen LogP contribution in [0.4, 0.5) is 10.1 Å². The Morgan fingerprint density at radius 2 is 2.13 bits per heavy atom. The first-order chi connectivity index (χ1) is 7.13. The average molecular weight is 229 g/mol. The predicted molar refractivity (Wildman–Crippen MR) is 59.8 cm³/mol. The van der Waals surface area contributed by atoms with Crippen molar-refractivity contribution in [3.05, 3.63) is 30.1 Å². The van der Waals surface area contributed by atoms with E-state index in [1.165, 1.54) is 36.0 Å². The summed E-state index contributed by atoms with van der Waals surface area (Å²) in [5.41, 5.74) is 0.609. The second kappa shape index (κ2) is 5.60. The summed E-state index contributed by atoms with van der Waals surface area (Å²) in [5.74, 6) is -0.779. The number of nitrogens with one attached hydrogen (secondary N) is 1. The van der Waals surface area contributed by atoms with Gasteiger partial charge in [0.05, 0.1) is 0 Å². The number of anilines is 1. The van der Waals surface area contributed by atoms with E-state index in [1.807, 2.05) is 6.26 Å². The maximum absolute atomic E-state index is 12.6. The lowest BCUT2D eigenvalue weighted by Gasteiger charge is -2.14. The third-order valence-corrected chi connectivity index (χ3v) is 2.48. The van der Waals surface area contributed by atoms with Crippen molar-refractivity contribution in [2.24, 2.45) is 0 Å². The minimum absolute atomic E-state index is 0.336. The molecule has 0 saturated heterocycles. The van der Waals surface area contributed by atoms with Crippen LogP contribution in [0.15, 0.2) is 24.3 Å². The van der Waals surface area contributed by atoms with Crippen molar-refractivity contribution in [1.29, 1.82) is 0 Å². The summed E-state index contributed by atoms with van der Waals surface area (Å²) in [6, 6.07) is 4.98. The minimum Gasteiger partial charge on any atom is -0.480 e. The SMILES string of the molecule is CSCC(Nc1ccc(F)cc1)C(=O)O. The zero-order valence-electron chi connectivity index (χ0n) is 8.24. The fourth-order valence-electron chi connectivity index (χ4n) is 1.09. The maximum atomic E-state index is 12.6. The Bertz CT molecular complexity index is 329. The molecule has 0 heterocycles. The average Bonchev–Trinajstić information content (AvgIpc) is 2.20. The molecular weight excluding hydrogens is 217 g/mol. The molecule has 1 aromatic rings. The summed E-state index contributed by atoms with van der Waals surface area (Å²) in [6.07, 6.45) is 1.84. The molecule has 0 bridgehead atoms. The standard InChI is InChI=1S/C10H12FNO2S/c1-15-6-9(10(13)14)12-8-4-2-7(11)3-5-8/h2-5,9,12H,6H2,1H3,(H,13,14). The number of carboxylic acid groups (broad SMARTS) is 1. The van der Waals surface area contributed by atoms with Gasteiger partial charge in [-0.05, 0) is 30.5 Å². The summed E-state index contributed by atoms with van der Waals surface area (Å²) < 4.78 is 12.6. The molecule has 82 valence electrons. The van der Waals surface area contributed by atoms with E-state index in [0.717, 1.165) is 0 Å². The second-order valence-electron chi connectivity index (χ2n) is 3.00. The van der Waals surface area contributed by atoms with Gasteiger partial charge in [0, 0.05) is 11.4 Å². The minimum atomic E-state index is -0.909. The quantitative estimate of drug-likeness (QED) is 0.811. The smallest absolute Gasteiger partial charge is 0.326 e. The summed E-state index contributed by atoms with van der Waals surface area (Å²) in [4.78, 5) is 10.8. The molecule has 0 spiro atoms. The number of benzene rings is 1. The number of halogens is 1. The fraction of sp³-hybridized carbons (Fsp3) is 0.300. The van der Waals surface area contributed by atoms with Crippen molar-refractivity contribution in [2.75, 3.05) is 17.3 Å². The zero-order valence-corrected chi connectivity index (χ0v) is 9.05. The highest BCUT2D eigenvalue weighted by Crippen LogP contribution is 2.11. The van der Waals surface area contributed by atoms with E-state index in [9.17, 15) is 9.18 Å². The van der Waals surface area contributed by atoms with E-state index in [-0.39, 0.29) is 5.82 Å². The van der Waals surface area contributed by atoms with Gasteiger partial charge in [-0.25, -0.2) is 9.18 Å². The summed E-state index contributed by atoms with van der Waals surface area (Å²) in [6.45, 7) is 0. The van der Waals surface area contributed by atoms with E-state index in [2.05, 4.69) is 5.32 Å². The van der Waals surface area contributed by atoms with Gasteiger partial charge < -0.3 is 10.4 Å². The Morgan fingerprint density at radius 1 is 1.53 bits per heavy atom. The summed E-state index contributed by atoms with van der Waals surface area (Å²) >= 11 is 1.44. The van der Waals surface area contributed by atoms with E-state index in [4.69, 9.17) is 5.11 Å². The number of thioether (sulfide) groups is 1. The highest BCUT2D eigenvalue weighted by atomic mass is 32.2. The van der Waals surface area contributed by atoms with Crippen molar-refractivity contribution in [3.8, 4) is 0 Å². The third kappa shape index (κ3) is 3.79. The van der Waals surface area contributed by atoms with E-state index >= 15 is 0 Å². The molecule has 3 nitrogen and oxygen atoms in total. The molecule has 0 aliphatic heterocycles. The molecule has 0 aliphatic carbocycles. The Balaban J connectivity index is 2.65. The molecule has 2 N–H and O–H groups in total. The Hall–Kier alpha value is -1.23. The van der Waals surface area contributed by atoms with Gasteiger partial charge in [-0.3, -0.25) is 0 Å². The molecule has 1 atom stereocenters. The highest BCUT2D eigenvalue weighted by molar-refractivity contribution is 7.98. The molecule has 5 heteroatoms. The molecule has 1 aromatic carbocycles. The number of hydrogen-bond donors (Lipinski definition) is 2. The van der Waals surface area contributed by atoms with Crippen LogP contribution in [0.3, 0.4) is 0 Å². The van der Waals surface area contributed by atoms with Crippen LogP contribution < -0.4 is 5.32 Å². The fourth-order valence-corrected chi connectivity index (χ4v) is 1.65. The van der Waals surface area contributed by atoms with Crippen LogP contribution in [0, 0.1) is 5.82 Å². The van der Waals surface area contributed by atoms with Gasteiger partial charge in [0.1, 0.15) is 11.9 Å². The van der Waals surface area contributed by atoms with Crippen LogP contribution in [0.1, 0.15) is 0 Å². The van der Waals surface area contributed by atoms with E-state index < -0.39 is 12.0 Å². The number of carbonyl (C=O) groups is 1. The highest BCUT2D eigenvalue weighted by Gasteiger charge is 2.15. The first kappa shape index (κ1) is 11.8. The topological polar surface area (TPSA) is 49.3 Å². The number of rotatable bonds is 5. The molecular formula is C10H12FNO2S. The molecule has 0 fully saturated rings. The van der Waals surface area contributed by atoms with Crippen LogP contribution in [-0.2, 0) is 4.79 Å². The van der Waals surface area contributed by atoms with Crippen molar-refractivity contribution in [1.82, 2.24) is 0 Å². The van der Waals surface area contributed by atoms with Gasteiger partial charge >= 0.3 is 5.97 Å². The lowest BCUT2D eigenvalue weighted by atomic mass is 10.2. The zero-order chi connectivity index (χ0) is 11.3. The van der Waals surface area contributed by atoms with Crippen LogP contribution in [0.2, 0.25) is 0 Å². The van der Waals surface area contributed by atoms with Gasteiger partial charge in [-0.15, -0.1) is 0 Å². The summed E-state index contributed by atoms with van der Waals surface area (Å²) in [5, 5.41) is 11.7. The van der Waals surface area contributed by atoms with Crippen LogP contribution in [0.25, 0.3) is 0 Å². The Labute approximate surface area is 91.7 Å². The summed E-state index contributed by atoms with van der Waals surface area (Å²) in [7, 11) is 0. The molecule has 0 amide bonds. The number of hydrogen-bond acceptors (Lipinski definition) is 3. The molecule has 0 aliphatic rings. The molecule has 15 heavy (non-hydrogen) atoms. The van der Waals surface area contributed by atoms with Crippen molar-refractivity contribution in [3.63, 3.8) is 0 Å². The number of aliphatic carboxylic acids is 1. The van der Waals surface area contributed by atoms with Crippen LogP contribution in [0.5, 0.6) is 0 Å². The van der Waals surface area contributed by atoms with Crippen LogP contribution >= 0.6 is 11.8 Å². The first-order valence-corrected chi connectivity index (χ1v) is 5.76. The monoisotopic (exact) mass is 229 g/mol. The second-order valence-corrected chi connectivity index (χ2v) is 3.91. The van der Waals surface area contributed by atoms with Crippen molar-refractivity contribution in [2.45, 2.75) is 6.04 Å². The van der Waals surface area contributed by atoms with E-state index in [1.54, 1.807) is 0 Å². The van der Waals surface area contributed by atoms with Crippen molar-refractivity contribution < 1.29 is 14.3 Å². The molecule has 1 unspecified atom stereocenters. The van der Waals surface area contributed by atoms with Gasteiger partial charge in [-0.1, -0.05) is 0 Å². The lowest BCUT2D eigenvalue weighted by molar-refractivity contribution is -0.137. The van der Waals surface area contributed by atoms with Gasteiger partial charge in [0.2, 0.25) is 0 Å². The largest absolute Gasteiger partial charge is 0.480 e. The van der Waals surface area contributed by atoms with Crippen LogP contribution in [-0.4, -0.2) is 29.1 Å².